The van der Waals surface area contributed by atoms with Crippen LogP contribution in [-0.2, 0) is 16.2 Å². The molecular formula is C109H79B2N5. The molecule has 116 heavy (non-hydrogen) atoms. The SMILES string of the molecule is [2H]c1c([2H])c([2H])c(-c2ccc(N3c4cc5c(cc4B4c6ccccc6N(c6ccccc6)c6cc(-n7c8ccc(C(C)(C)C)cc8c8cc(C(C)(C)C)ccc87)cc3c64)B3c4ccccc4N(c4ccccc4)c4c3c(cc3cc(-c6cccc7c6C6(c8ccccc8-c8ccccc86)c6ccccc6-7)ccc43)N5c3ccccc3)cc2)c([2H])c1[2H]. The van der Waals surface area contributed by atoms with Gasteiger partial charge in [0.15, 0.2) is 0 Å². The first-order valence-corrected chi connectivity index (χ1v) is 40.6. The van der Waals surface area contributed by atoms with Gasteiger partial charge in [-0.1, -0.05) is 296 Å². The zero-order valence-electron chi connectivity index (χ0n) is 70.2. The average Bonchev–Trinajstić information content (AvgIpc) is 1.63. The van der Waals surface area contributed by atoms with E-state index in [0.29, 0.717) is 5.56 Å². The fourth-order valence-electron chi connectivity index (χ4n) is 21.1. The van der Waals surface area contributed by atoms with Crippen molar-refractivity contribution < 1.29 is 6.85 Å². The van der Waals surface area contributed by atoms with Crippen molar-refractivity contribution in [3.8, 4) is 50.2 Å². The molecule has 2 aliphatic carbocycles. The van der Waals surface area contributed by atoms with E-state index >= 15 is 0 Å². The van der Waals surface area contributed by atoms with Gasteiger partial charge in [0.25, 0.3) is 13.4 Å². The van der Waals surface area contributed by atoms with Crippen LogP contribution in [0, 0.1) is 0 Å². The normalized spacial score (nSPS) is 14.7. The number of para-hydroxylation sites is 5. The van der Waals surface area contributed by atoms with E-state index in [2.05, 4.69) is 393 Å². The molecule has 0 N–H and O–H groups in total. The van der Waals surface area contributed by atoms with Gasteiger partial charge in [0, 0.05) is 78.7 Å². The number of anilines is 12. The summed E-state index contributed by atoms with van der Waals surface area (Å²) in [6.45, 7) is 13.2. The van der Waals surface area contributed by atoms with E-state index < -0.39 is 11.5 Å². The Morgan fingerprint density at radius 3 is 1.28 bits per heavy atom. The minimum Gasteiger partial charge on any atom is -0.311 e. The van der Waals surface area contributed by atoms with E-state index in [-0.39, 0.29) is 54.0 Å². The predicted molar refractivity (Wildman–Crippen MR) is 491 cm³/mol. The summed E-state index contributed by atoms with van der Waals surface area (Å²) in [6.07, 6.45) is 0. The first kappa shape index (κ1) is 61.7. The predicted octanol–water partition coefficient (Wildman–Crippen LogP) is 24.4. The number of hydrogen-bond acceptors (Lipinski definition) is 4. The molecule has 0 amide bonds. The van der Waals surface area contributed by atoms with Crippen LogP contribution >= 0.6 is 0 Å². The van der Waals surface area contributed by atoms with Crippen LogP contribution in [0.3, 0.4) is 0 Å². The molecule has 0 radical (unpaired) electrons. The van der Waals surface area contributed by atoms with Crippen molar-refractivity contribution >= 4 is 147 Å². The third-order valence-corrected chi connectivity index (χ3v) is 26.1. The summed E-state index contributed by atoms with van der Waals surface area (Å²) in [6, 6.07) is 126. The molecule has 18 aromatic rings. The lowest BCUT2D eigenvalue weighted by Gasteiger charge is -2.47. The van der Waals surface area contributed by atoms with E-state index in [4.69, 9.17) is 4.11 Å². The van der Waals surface area contributed by atoms with Gasteiger partial charge >= 0.3 is 0 Å². The van der Waals surface area contributed by atoms with Crippen LogP contribution in [0.1, 0.15) is 81.8 Å². The Morgan fingerprint density at radius 2 is 0.724 bits per heavy atom. The largest absolute Gasteiger partial charge is 0.311 e. The maximum absolute atomic E-state index is 9.33. The summed E-state index contributed by atoms with van der Waals surface area (Å²) in [5.41, 5.74) is 37.6. The summed E-state index contributed by atoms with van der Waals surface area (Å²) in [4.78, 5) is 10.1. The number of aromatic nitrogens is 1. The van der Waals surface area contributed by atoms with Gasteiger partial charge in [0.1, 0.15) is 0 Å². The fourth-order valence-corrected chi connectivity index (χ4v) is 21.1. The molecule has 5 heterocycles. The van der Waals surface area contributed by atoms with Crippen molar-refractivity contribution in [2.75, 3.05) is 19.6 Å². The quantitative estimate of drug-likeness (QED) is 0.148. The Hall–Kier alpha value is -13.9. The Balaban J connectivity index is 0.804. The maximum Gasteiger partial charge on any atom is 0.252 e. The molecule has 0 fully saturated rings. The van der Waals surface area contributed by atoms with E-state index in [1.54, 1.807) is 0 Å². The second-order valence-corrected chi connectivity index (χ2v) is 34.3. The highest BCUT2D eigenvalue weighted by molar-refractivity contribution is 7.03. The van der Waals surface area contributed by atoms with Crippen LogP contribution < -0.4 is 52.4 Å². The molecular weight excluding hydrogens is 1400 g/mol. The van der Waals surface area contributed by atoms with E-state index in [9.17, 15) is 2.74 Å². The minimum atomic E-state index is -0.580. The van der Waals surface area contributed by atoms with Gasteiger partial charge in [-0.25, -0.2) is 0 Å². The van der Waals surface area contributed by atoms with Gasteiger partial charge in [-0.2, -0.15) is 0 Å². The van der Waals surface area contributed by atoms with Crippen molar-refractivity contribution in [1.29, 1.82) is 0 Å². The molecule has 0 saturated carbocycles. The van der Waals surface area contributed by atoms with Crippen molar-refractivity contribution in [3.05, 3.63) is 403 Å². The third-order valence-electron chi connectivity index (χ3n) is 26.1. The fraction of sp³-hybridized carbons (Fsp3) is 0.0826. The van der Waals surface area contributed by atoms with Crippen molar-refractivity contribution in [2.45, 2.75) is 57.8 Å². The molecule has 4 aliphatic heterocycles. The van der Waals surface area contributed by atoms with Crippen molar-refractivity contribution in [2.24, 2.45) is 0 Å². The highest BCUT2D eigenvalue weighted by Gasteiger charge is 2.54. The molecule has 546 valence electrons. The average molecular weight is 1490 g/mol. The van der Waals surface area contributed by atoms with Crippen LogP contribution in [0.2, 0.25) is 0 Å². The summed E-state index contributed by atoms with van der Waals surface area (Å²) in [5, 5.41) is 4.63. The molecule has 7 heteroatoms. The van der Waals surface area contributed by atoms with Crippen LogP contribution in [0.25, 0.3) is 82.8 Å². The van der Waals surface area contributed by atoms with Gasteiger partial charge < -0.3 is 24.2 Å². The summed E-state index contributed by atoms with van der Waals surface area (Å²) in [5.74, 6) is 0. The zero-order chi connectivity index (χ0) is 81.5. The Kier molecular flexibility index (Phi) is 13.1. The highest BCUT2D eigenvalue weighted by Crippen LogP contribution is 2.65. The molecule has 1 aromatic heterocycles. The van der Waals surface area contributed by atoms with Crippen LogP contribution in [0.4, 0.5) is 68.2 Å². The molecule has 5 nitrogen and oxygen atoms in total. The topological polar surface area (TPSA) is 17.9 Å². The lowest BCUT2D eigenvalue weighted by Crippen LogP contribution is -2.65. The third kappa shape index (κ3) is 9.37. The van der Waals surface area contributed by atoms with E-state index in [1.807, 2.05) is 12.1 Å². The van der Waals surface area contributed by atoms with Crippen molar-refractivity contribution in [1.82, 2.24) is 4.57 Å². The lowest BCUT2D eigenvalue weighted by molar-refractivity contribution is 0.590. The van der Waals surface area contributed by atoms with E-state index in [0.717, 1.165) is 112 Å². The summed E-state index contributed by atoms with van der Waals surface area (Å²) in [7, 11) is 0. The van der Waals surface area contributed by atoms with Crippen molar-refractivity contribution in [3.63, 3.8) is 0 Å². The zero-order valence-corrected chi connectivity index (χ0v) is 65.2. The second-order valence-electron chi connectivity index (χ2n) is 34.3. The standard InChI is InChI=1S/C109H79B2N5/c1-107(2,3)72-53-58-94-85(62-72)86-63-73(108(4,5)6)54-59-95(86)115(94)78-64-101-104-102(65-78)114(77-55-50-69(51-56-77)68-30-11-7-12-31-68)98-67-99-93(66-92(98)110(104)90-46-25-27-48-96(90)112(101)74-32-13-8-14-33-74)111-91-47-26-28-49-97(91)116(76-36-17-10-18-37-76)106-80-57-52-70(60-71(80)61-100(105(106)111)113(99)75-34-15-9-16-35-75)79-41-29-42-84-83-40-21-24-45-89(83)109(103(79)84)87-43-22-19-38-81(87)82-39-20-23-44-88(82)109/h7-67H,1-6H3/i7D,11D,12D,30D,31D. The highest BCUT2D eigenvalue weighted by atomic mass is 15.2. The van der Waals surface area contributed by atoms with Crippen LogP contribution in [0.15, 0.2) is 370 Å². The van der Waals surface area contributed by atoms with Gasteiger partial charge in [-0.15, -0.1) is 0 Å². The molecule has 1 spiro atoms. The summed E-state index contributed by atoms with van der Waals surface area (Å²) >= 11 is 0. The number of fused-ring (bicyclic) bond motifs is 23. The molecule has 17 aromatic carbocycles. The number of nitrogens with zero attached hydrogens (tertiary/aromatic N) is 5. The Morgan fingerprint density at radius 1 is 0.284 bits per heavy atom. The lowest BCUT2D eigenvalue weighted by atomic mass is 9.30. The summed E-state index contributed by atoms with van der Waals surface area (Å²) < 4.78 is 47.6. The van der Waals surface area contributed by atoms with Gasteiger partial charge in [-0.3, -0.25) is 0 Å². The monoisotopic (exact) mass is 1480 g/mol. The van der Waals surface area contributed by atoms with E-state index in [1.165, 1.54) is 93.8 Å². The molecule has 0 saturated heterocycles. The van der Waals surface area contributed by atoms with Crippen LogP contribution in [-0.4, -0.2) is 18.0 Å². The number of hydrogen-bond donors (Lipinski definition) is 0. The number of rotatable bonds is 7. The van der Waals surface area contributed by atoms with Gasteiger partial charge in [0.05, 0.1) is 34.7 Å². The van der Waals surface area contributed by atoms with Gasteiger partial charge in [0.2, 0.25) is 0 Å². The molecule has 0 bridgehead atoms. The molecule has 6 aliphatic rings. The first-order chi connectivity index (χ1) is 58.9. The molecule has 0 unspecified atom stereocenters. The Labute approximate surface area is 685 Å². The first-order valence-electron chi connectivity index (χ1n) is 43.1. The smallest absolute Gasteiger partial charge is 0.252 e. The molecule has 24 rings (SSSR count). The Bertz CT molecular complexity index is 7370. The maximum atomic E-state index is 9.33. The van der Waals surface area contributed by atoms with Crippen LogP contribution in [0.5, 0.6) is 0 Å². The number of benzene rings is 17. The minimum absolute atomic E-state index is 0.122. The molecule has 0 atom stereocenters. The van der Waals surface area contributed by atoms with Gasteiger partial charge in [-0.05, 0) is 242 Å². The second kappa shape index (κ2) is 24.6.